The minimum absolute atomic E-state index is 0.192. The van der Waals surface area contributed by atoms with Gasteiger partial charge in [0.05, 0.1) is 5.41 Å². The van der Waals surface area contributed by atoms with Crippen LogP contribution in [0.5, 0.6) is 0 Å². The molecule has 0 radical (unpaired) electrons. The first kappa shape index (κ1) is 13.0. The van der Waals surface area contributed by atoms with E-state index in [0.29, 0.717) is 31.3 Å². The maximum atomic E-state index is 12.0. The summed E-state index contributed by atoms with van der Waals surface area (Å²) in [5.41, 5.74) is 0.235. The first-order valence-corrected chi connectivity index (χ1v) is 7.15. The topological polar surface area (TPSA) is 88.3 Å². The highest BCUT2D eigenvalue weighted by Crippen LogP contribution is 2.39. The van der Waals surface area contributed by atoms with Crippen molar-refractivity contribution in [2.75, 3.05) is 18.0 Å². The Kier molecular flexibility index (Phi) is 2.75. The molecule has 2 amide bonds. The molecule has 1 spiro atoms. The fraction of sp³-hybridized carbons (Fsp3) is 0.333. The number of carbonyl (C=O) groups excluding carboxylic acids is 2. The molecule has 0 saturated carbocycles. The van der Waals surface area contributed by atoms with E-state index in [1.54, 1.807) is 0 Å². The summed E-state index contributed by atoms with van der Waals surface area (Å²) in [6.45, 7) is 1.05. The van der Waals surface area contributed by atoms with Gasteiger partial charge in [-0.25, -0.2) is 0 Å². The molecule has 7 nitrogen and oxygen atoms in total. The normalized spacial score (nSPS) is 24.3. The van der Waals surface area contributed by atoms with Gasteiger partial charge in [0.15, 0.2) is 0 Å². The molecule has 3 heterocycles. The maximum absolute atomic E-state index is 12.0. The van der Waals surface area contributed by atoms with E-state index < -0.39 is 5.41 Å². The van der Waals surface area contributed by atoms with Gasteiger partial charge in [0, 0.05) is 25.1 Å². The lowest BCUT2D eigenvalue weighted by Gasteiger charge is -2.18. The first-order chi connectivity index (χ1) is 10.7. The third-order valence-corrected chi connectivity index (χ3v) is 4.31. The van der Waals surface area contributed by atoms with Crippen molar-refractivity contribution in [1.82, 2.24) is 15.5 Å². The summed E-state index contributed by atoms with van der Waals surface area (Å²) in [6, 6.07) is 9.94. The largest absolute Gasteiger partial charge is 0.324 e. The van der Waals surface area contributed by atoms with Crippen molar-refractivity contribution in [2.24, 2.45) is 5.41 Å². The second kappa shape index (κ2) is 4.66. The number of nitrogens with one attached hydrogen (secondary N) is 1. The zero-order chi connectivity index (χ0) is 15.2. The van der Waals surface area contributed by atoms with Crippen LogP contribution in [0.2, 0.25) is 0 Å². The van der Waals surface area contributed by atoms with Gasteiger partial charge in [0.1, 0.15) is 0 Å². The lowest BCUT2D eigenvalue weighted by Crippen LogP contribution is -2.34. The molecule has 1 aromatic carbocycles. The Morgan fingerprint density at radius 2 is 2.05 bits per heavy atom. The van der Waals surface area contributed by atoms with Gasteiger partial charge >= 0.3 is 6.01 Å². The van der Waals surface area contributed by atoms with Crippen LogP contribution < -0.4 is 10.2 Å². The SMILES string of the molecule is O=C1CC2(CCN(c3nc(-c4ccccc4)no3)C2)C(=O)N1. The van der Waals surface area contributed by atoms with E-state index in [0.717, 1.165) is 5.56 Å². The van der Waals surface area contributed by atoms with Crippen LogP contribution in [0, 0.1) is 5.41 Å². The van der Waals surface area contributed by atoms with Crippen LogP contribution in [0.3, 0.4) is 0 Å². The fourth-order valence-corrected chi connectivity index (χ4v) is 3.10. The van der Waals surface area contributed by atoms with Crippen molar-refractivity contribution in [3.8, 4) is 11.4 Å². The third-order valence-electron chi connectivity index (χ3n) is 4.31. The molecular weight excluding hydrogens is 284 g/mol. The fourth-order valence-electron chi connectivity index (χ4n) is 3.10. The molecule has 112 valence electrons. The van der Waals surface area contributed by atoms with Crippen LogP contribution in [0.1, 0.15) is 12.8 Å². The Morgan fingerprint density at radius 3 is 2.77 bits per heavy atom. The summed E-state index contributed by atoms with van der Waals surface area (Å²) in [7, 11) is 0. The van der Waals surface area contributed by atoms with Crippen molar-refractivity contribution in [2.45, 2.75) is 12.8 Å². The number of anilines is 1. The molecule has 4 rings (SSSR count). The molecule has 0 aliphatic carbocycles. The van der Waals surface area contributed by atoms with Crippen molar-refractivity contribution < 1.29 is 14.1 Å². The highest BCUT2D eigenvalue weighted by Gasteiger charge is 2.51. The van der Waals surface area contributed by atoms with Crippen LogP contribution in [-0.4, -0.2) is 35.0 Å². The number of imide groups is 1. The summed E-state index contributed by atoms with van der Waals surface area (Å²) < 4.78 is 5.32. The number of benzene rings is 1. The van der Waals surface area contributed by atoms with Crippen LogP contribution in [0.4, 0.5) is 6.01 Å². The maximum Gasteiger partial charge on any atom is 0.324 e. The van der Waals surface area contributed by atoms with Crippen molar-refractivity contribution in [1.29, 1.82) is 0 Å². The van der Waals surface area contributed by atoms with Gasteiger partial charge < -0.3 is 9.42 Å². The average molecular weight is 298 g/mol. The van der Waals surface area contributed by atoms with E-state index in [4.69, 9.17) is 4.52 Å². The lowest BCUT2D eigenvalue weighted by atomic mass is 9.85. The number of nitrogens with zero attached hydrogens (tertiary/aromatic N) is 3. The summed E-state index contributed by atoms with van der Waals surface area (Å²) in [4.78, 5) is 29.7. The molecule has 2 aliphatic rings. The zero-order valence-corrected chi connectivity index (χ0v) is 11.8. The van der Waals surface area contributed by atoms with Gasteiger partial charge in [-0.3, -0.25) is 14.9 Å². The highest BCUT2D eigenvalue weighted by atomic mass is 16.5. The number of carbonyl (C=O) groups is 2. The molecule has 1 N–H and O–H groups in total. The first-order valence-electron chi connectivity index (χ1n) is 7.15. The van der Waals surface area contributed by atoms with Crippen LogP contribution in [0.25, 0.3) is 11.4 Å². The van der Waals surface area contributed by atoms with Crippen LogP contribution in [0.15, 0.2) is 34.9 Å². The van der Waals surface area contributed by atoms with E-state index in [-0.39, 0.29) is 18.2 Å². The standard InChI is InChI=1S/C15H14N4O3/c20-11-8-15(13(21)16-11)6-7-19(9-15)14-17-12(18-22-14)10-4-2-1-3-5-10/h1-5H,6-9H2,(H,16,20,21). The van der Waals surface area contributed by atoms with E-state index in [1.807, 2.05) is 35.2 Å². The Hall–Kier alpha value is -2.70. The summed E-state index contributed by atoms with van der Waals surface area (Å²) in [5, 5.41) is 6.37. The summed E-state index contributed by atoms with van der Waals surface area (Å²) in [6.07, 6.45) is 0.857. The quantitative estimate of drug-likeness (QED) is 0.831. The molecular formula is C15H14N4O3. The molecule has 7 heteroatoms. The minimum atomic E-state index is -0.640. The van der Waals surface area contributed by atoms with Gasteiger partial charge in [-0.05, 0) is 6.42 Å². The van der Waals surface area contributed by atoms with Gasteiger partial charge in [-0.1, -0.05) is 35.5 Å². The molecule has 1 atom stereocenters. The Morgan fingerprint density at radius 1 is 1.23 bits per heavy atom. The van der Waals surface area contributed by atoms with Gasteiger partial charge in [0.2, 0.25) is 17.6 Å². The smallest absolute Gasteiger partial charge is 0.323 e. The monoisotopic (exact) mass is 298 g/mol. The Balaban J connectivity index is 1.56. The van der Waals surface area contributed by atoms with Crippen molar-refractivity contribution in [3.05, 3.63) is 30.3 Å². The van der Waals surface area contributed by atoms with E-state index in [2.05, 4.69) is 15.5 Å². The van der Waals surface area contributed by atoms with Crippen LogP contribution in [-0.2, 0) is 9.59 Å². The Bertz CT molecular complexity index is 742. The van der Waals surface area contributed by atoms with Gasteiger partial charge in [-0.15, -0.1) is 0 Å². The predicted molar refractivity (Wildman–Crippen MR) is 76.8 cm³/mol. The highest BCUT2D eigenvalue weighted by molar-refractivity contribution is 6.06. The lowest BCUT2D eigenvalue weighted by molar-refractivity contribution is -0.127. The second-order valence-corrected chi connectivity index (χ2v) is 5.77. The Labute approximate surface area is 126 Å². The number of rotatable bonds is 2. The summed E-state index contributed by atoms with van der Waals surface area (Å²) >= 11 is 0. The molecule has 1 unspecified atom stereocenters. The zero-order valence-electron chi connectivity index (χ0n) is 11.8. The van der Waals surface area contributed by atoms with E-state index in [9.17, 15) is 9.59 Å². The van der Waals surface area contributed by atoms with E-state index >= 15 is 0 Å². The average Bonchev–Trinajstić information content (AvgIpc) is 3.20. The number of hydrogen-bond acceptors (Lipinski definition) is 6. The molecule has 0 bridgehead atoms. The number of aromatic nitrogens is 2. The van der Waals surface area contributed by atoms with Crippen LogP contribution >= 0.6 is 0 Å². The van der Waals surface area contributed by atoms with Gasteiger partial charge in [-0.2, -0.15) is 4.98 Å². The number of hydrogen-bond donors (Lipinski definition) is 1. The second-order valence-electron chi connectivity index (χ2n) is 5.77. The number of amides is 2. The molecule has 2 saturated heterocycles. The summed E-state index contributed by atoms with van der Waals surface area (Å²) in [5.74, 6) is 0.119. The molecule has 22 heavy (non-hydrogen) atoms. The van der Waals surface area contributed by atoms with Crippen molar-refractivity contribution in [3.63, 3.8) is 0 Å². The van der Waals surface area contributed by atoms with Crippen molar-refractivity contribution >= 4 is 17.8 Å². The molecule has 2 aromatic rings. The molecule has 2 aliphatic heterocycles. The van der Waals surface area contributed by atoms with Gasteiger partial charge in [0.25, 0.3) is 0 Å². The third kappa shape index (κ3) is 1.97. The molecule has 2 fully saturated rings. The van der Waals surface area contributed by atoms with E-state index in [1.165, 1.54) is 0 Å². The molecule has 1 aromatic heterocycles. The predicted octanol–water partition coefficient (Wildman–Crippen LogP) is 0.980. The minimum Gasteiger partial charge on any atom is -0.323 e.